The van der Waals surface area contributed by atoms with Crippen molar-refractivity contribution in [2.24, 2.45) is 0 Å². The number of ether oxygens (including phenoxy) is 1. The summed E-state index contributed by atoms with van der Waals surface area (Å²) in [5.41, 5.74) is -0.615. The van der Waals surface area contributed by atoms with E-state index >= 15 is 0 Å². The monoisotopic (exact) mass is 355 g/mol. The van der Waals surface area contributed by atoms with Gasteiger partial charge in [-0.3, -0.25) is 15.4 Å². The Morgan fingerprint density at radius 3 is 2.68 bits per heavy atom. The lowest BCUT2D eigenvalue weighted by Gasteiger charge is -2.30. The van der Waals surface area contributed by atoms with Crippen molar-refractivity contribution in [1.29, 1.82) is 5.41 Å². The predicted molar refractivity (Wildman–Crippen MR) is 87.3 cm³/mol. The molecule has 10 nitrogen and oxygen atoms in total. The van der Waals surface area contributed by atoms with Crippen molar-refractivity contribution in [1.82, 2.24) is 20.6 Å². The highest BCUT2D eigenvalue weighted by molar-refractivity contribution is 6.01. The van der Waals surface area contributed by atoms with E-state index in [9.17, 15) is 19.6 Å². The van der Waals surface area contributed by atoms with Crippen LogP contribution < -0.4 is 10.6 Å². The number of fused-ring (bicyclic) bond motifs is 2. The zero-order valence-corrected chi connectivity index (χ0v) is 14.7. The summed E-state index contributed by atoms with van der Waals surface area (Å²) >= 11 is 0. The van der Waals surface area contributed by atoms with E-state index in [4.69, 9.17) is 10.1 Å². The van der Waals surface area contributed by atoms with Crippen molar-refractivity contribution in [3.8, 4) is 0 Å². The van der Waals surface area contributed by atoms with Gasteiger partial charge in [0.2, 0.25) is 5.91 Å². The van der Waals surface area contributed by atoms with Crippen LogP contribution in [-0.4, -0.2) is 69.8 Å². The van der Waals surface area contributed by atoms with Gasteiger partial charge in [0.1, 0.15) is 11.4 Å². The molecule has 0 aromatic carbocycles. The lowest BCUT2D eigenvalue weighted by atomic mass is 10.00. The number of rotatable bonds is 4. The number of piperidine rings is 1. The van der Waals surface area contributed by atoms with E-state index in [-0.39, 0.29) is 24.8 Å². The highest BCUT2D eigenvalue weighted by atomic mass is 16.6. The number of carbonyl (C=O) groups is 3. The van der Waals surface area contributed by atoms with Crippen molar-refractivity contribution < 1.29 is 24.3 Å². The average Bonchev–Trinajstić information content (AvgIpc) is 2.70. The molecule has 0 saturated carbocycles. The van der Waals surface area contributed by atoms with Crippen LogP contribution in [0.25, 0.3) is 0 Å². The fraction of sp³-hybridized carbons (Fsp3) is 0.733. The number of hydroxylamine groups is 2. The average molecular weight is 355 g/mol. The molecule has 0 spiro atoms. The lowest BCUT2D eigenvalue weighted by molar-refractivity contribution is -0.119. The van der Waals surface area contributed by atoms with Crippen LogP contribution in [0.4, 0.5) is 9.59 Å². The Labute approximate surface area is 145 Å². The Hall–Kier alpha value is -2.36. The molecule has 2 atom stereocenters. The minimum Gasteiger partial charge on any atom is -0.444 e. The molecular weight excluding hydrogens is 330 g/mol. The zero-order valence-electron chi connectivity index (χ0n) is 14.7. The van der Waals surface area contributed by atoms with Gasteiger partial charge in [0.05, 0.1) is 12.1 Å². The van der Waals surface area contributed by atoms with Crippen molar-refractivity contribution in [2.45, 2.75) is 57.7 Å². The van der Waals surface area contributed by atoms with Crippen LogP contribution in [0.5, 0.6) is 0 Å². The quantitative estimate of drug-likeness (QED) is 0.334. The number of nitrogens with one attached hydrogen (secondary N) is 3. The largest absolute Gasteiger partial charge is 0.444 e. The number of amidine groups is 1. The third-order valence-electron chi connectivity index (χ3n) is 3.97. The minimum atomic E-state index is -0.615. The van der Waals surface area contributed by atoms with Gasteiger partial charge in [0.25, 0.3) is 0 Å². The summed E-state index contributed by atoms with van der Waals surface area (Å²) in [6.07, 6.45) is 0.446. The summed E-state index contributed by atoms with van der Waals surface area (Å²) in [6.45, 7) is 5.64. The van der Waals surface area contributed by atoms with Gasteiger partial charge in [0, 0.05) is 19.5 Å². The molecule has 2 aliphatic rings. The minimum absolute atomic E-state index is 0.0168. The number of carbonyl (C=O) groups excluding carboxylic acids is 3. The van der Waals surface area contributed by atoms with Crippen LogP contribution in [-0.2, 0) is 9.53 Å². The first kappa shape index (κ1) is 19.0. The topological polar surface area (TPSA) is 135 Å². The first-order valence-corrected chi connectivity index (χ1v) is 8.22. The molecule has 10 heteroatoms. The third kappa shape index (κ3) is 4.81. The van der Waals surface area contributed by atoms with Gasteiger partial charge in [-0.1, -0.05) is 0 Å². The maximum Gasteiger partial charge on any atom is 0.407 e. The Bertz CT molecular complexity index is 573. The Morgan fingerprint density at radius 2 is 2.04 bits per heavy atom. The SMILES string of the molecule is CC(C)(C)OC(=O)NCCC(=O)NC(=N)[C@@H]1CC[C@@H]2CN1C(=O)N2O. The van der Waals surface area contributed by atoms with Crippen molar-refractivity contribution in [2.75, 3.05) is 13.1 Å². The molecule has 0 unspecified atom stereocenters. The molecule has 0 aromatic rings. The summed E-state index contributed by atoms with van der Waals surface area (Å²) in [5, 5.41) is 23.3. The maximum atomic E-state index is 11.9. The molecule has 2 bridgehead atoms. The van der Waals surface area contributed by atoms with Gasteiger partial charge in [-0.05, 0) is 33.6 Å². The number of hydrogen-bond donors (Lipinski definition) is 4. The van der Waals surface area contributed by atoms with Crippen molar-refractivity contribution in [3.63, 3.8) is 0 Å². The number of urea groups is 1. The zero-order chi connectivity index (χ0) is 18.8. The second-order valence-electron chi connectivity index (χ2n) is 7.17. The van der Waals surface area contributed by atoms with Crippen LogP contribution in [0, 0.1) is 5.41 Å². The third-order valence-corrected chi connectivity index (χ3v) is 3.97. The molecule has 2 rings (SSSR count). The number of nitrogens with zero attached hydrogens (tertiary/aromatic N) is 2. The summed E-state index contributed by atoms with van der Waals surface area (Å²) in [7, 11) is 0. The van der Waals surface area contributed by atoms with E-state index < -0.39 is 29.7 Å². The van der Waals surface area contributed by atoms with Gasteiger partial charge in [0.15, 0.2) is 0 Å². The lowest BCUT2D eigenvalue weighted by Crippen LogP contribution is -2.51. The Morgan fingerprint density at radius 1 is 1.36 bits per heavy atom. The first-order chi connectivity index (χ1) is 11.6. The van der Waals surface area contributed by atoms with E-state index in [0.29, 0.717) is 24.4 Å². The molecule has 2 aliphatic heterocycles. The molecule has 4 amide bonds. The Balaban J connectivity index is 1.74. The van der Waals surface area contributed by atoms with Crippen LogP contribution in [0.2, 0.25) is 0 Å². The molecule has 2 saturated heterocycles. The molecule has 25 heavy (non-hydrogen) atoms. The molecule has 2 fully saturated rings. The van der Waals surface area contributed by atoms with Crippen LogP contribution in [0.3, 0.4) is 0 Å². The normalized spacial score (nSPS) is 22.6. The molecule has 140 valence electrons. The van der Waals surface area contributed by atoms with Crippen molar-refractivity contribution >= 4 is 23.9 Å². The first-order valence-electron chi connectivity index (χ1n) is 8.22. The predicted octanol–water partition coefficient (Wildman–Crippen LogP) is 0.652. The van der Waals surface area contributed by atoms with Crippen LogP contribution >= 0.6 is 0 Å². The molecular formula is C15H25N5O5. The molecule has 2 heterocycles. The van der Waals surface area contributed by atoms with Gasteiger partial charge in [-0.25, -0.2) is 14.7 Å². The number of amides is 4. The summed E-state index contributed by atoms with van der Waals surface area (Å²) in [4.78, 5) is 36.7. The molecule has 0 aliphatic carbocycles. The standard InChI is InChI=1S/C15H25N5O5/c1-15(2,3)25-13(22)17-7-6-11(21)18-12(16)10-5-4-9-8-19(10)14(23)20(9)24/h9-10,24H,4-8H2,1-3H3,(H,17,22)(H2,16,18,21)/t9-,10+/m1/s1. The second kappa shape index (κ2) is 7.26. The fourth-order valence-corrected chi connectivity index (χ4v) is 2.84. The molecule has 0 aromatic heterocycles. The van der Waals surface area contributed by atoms with E-state index in [1.165, 1.54) is 4.90 Å². The van der Waals surface area contributed by atoms with Crippen LogP contribution in [0.15, 0.2) is 0 Å². The van der Waals surface area contributed by atoms with Gasteiger partial charge < -0.3 is 20.3 Å². The van der Waals surface area contributed by atoms with Gasteiger partial charge in [-0.15, -0.1) is 0 Å². The second-order valence-corrected chi connectivity index (χ2v) is 7.17. The maximum absolute atomic E-state index is 11.9. The van der Waals surface area contributed by atoms with Gasteiger partial charge in [-0.2, -0.15) is 0 Å². The smallest absolute Gasteiger partial charge is 0.407 e. The fourth-order valence-electron chi connectivity index (χ4n) is 2.84. The highest BCUT2D eigenvalue weighted by Gasteiger charge is 2.45. The van der Waals surface area contributed by atoms with E-state index in [1.54, 1.807) is 20.8 Å². The van der Waals surface area contributed by atoms with E-state index in [2.05, 4.69) is 10.6 Å². The summed E-state index contributed by atoms with van der Waals surface area (Å²) in [5.74, 6) is -0.514. The number of hydrogen-bond acceptors (Lipinski definition) is 6. The van der Waals surface area contributed by atoms with E-state index in [1.807, 2.05) is 0 Å². The van der Waals surface area contributed by atoms with Crippen LogP contribution in [0.1, 0.15) is 40.0 Å². The summed E-state index contributed by atoms with van der Waals surface area (Å²) < 4.78 is 5.05. The van der Waals surface area contributed by atoms with Gasteiger partial charge >= 0.3 is 12.1 Å². The highest BCUT2D eigenvalue weighted by Crippen LogP contribution is 2.28. The van der Waals surface area contributed by atoms with E-state index in [0.717, 1.165) is 0 Å². The summed E-state index contributed by atoms with van der Waals surface area (Å²) in [6, 6.07) is -1.34. The number of alkyl carbamates (subject to hydrolysis) is 1. The molecule has 4 N–H and O–H groups in total. The Kier molecular flexibility index (Phi) is 5.51. The van der Waals surface area contributed by atoms with Crippen molar-refractivity contribution in [3.05, 3.63) is 0 Å². The molecule has 0 radical (unpaired) electrons.